The summed E-state index contributed by atoms with van der Waals surface area (Å²) in [5, 5.41) is 22.1. The summed E-state index contributed by atoms with van der Waals surface area (Å²) >= 11 is 7.65. The van der Waals surface area contributed by atoms with Gasteiger partial charge in [-0.15, -0.1) is 11.3 Å². The number of aryl methyl sites for hydroxylation is 1. The lowest BCUT2D eigenvalue weighted by Crippen LogP contribution is -2.57. The first kappa shape index (κ1) is 34.5. The van der Waals surface area contributed by atoms with Crippen molar-refractivity contribution in [1.29, 1.82) is 5.26 Å². The molecule has 51 heavy (non-hydrogen) atoms. The molecule has 15 heteroatoms. The molecule has 0 radical (unpaired) electrons. The summed E-state index contributed by atoms with van der Waals surface area (Å²) in [4.78, 5) is 42.9. The van der Waals surface area contributed by atoms with Gasteiger partial charge in [0.25, 0.3) is 12.0 Å². The lowest BCUT2D eigenvalue weighted by Gasteiger charge is -2.45. The van der Waals surface area contributed by atoms with E-state index in [1.54, 1.807) is 42.8 Å². The van der Waals surface area contributed by atoms with Gasteiger partial charge in [-0.1, -0.05) is 23.4 Å². The minimum absolute atomic E-state index is 0.0224. The fraction of sp³-hybridized carbons (Fsp3) is 0.333. The van der Waals surface area contributed by atoms with Crippen molar-refractivity contribution in [3.63, 3.8) is 0 Å². The van der Waals surface area contributed by atoms with E-state index in [9.17, 15) is 28.7 Å². The number of pyridine rings is 2. The van der Waals surface area contributed by atoms with Crippen molar-refractivity contribution >= 4 is 55.8 Å². The first-order chi connectivity index (χ1) is 24.6. The average Bonchev–Trinajstić information content (AvgIpc) is 3.54. The third kappa shape index (κ3) is 6.64. The van der Waals surface area contributed by atoms with Crippen LogP contribution in [-0.4, -0.2) is 86.9 Å². The number of piperidine rings is 1. The standard InChI is InChI=1S/C36H30ClF2N7O4S/c1-20-43-29-15-42-34(44-11-7-23(8-12-44)46(16-30(38)39)24-17-50-18-24)27(14-40)31(29)35(47)45(20)10-2-3-21-4-5-22(37)13-26(21)25-6-9-41-32-28(36(48)49)19-51-33(25)32/h4-6,9,13,15,19,23-24,30H,7-8,10-12,16-18H2,1H3,(H,48,49). The number of aromatic nitrogens is 4. The minimum Gasteiger partial charge on any atom is -0.478 e. The predicted molar refractivity (Wildman–Crippen MR) is 190 cm³/mol. The van der Waals surface area contributed by atoms with Crippen LogP contribution in [0.4, 0.5) is 14.6 Å². The largest absolute Gasteiger partial charge is 0.478 e. The highest BCUT2D eigenvalue weighted by Gasteiger charge is 2.36. The number of carboxylic acid groups (broad SMARTS) is 1. The van der Waals surface area contributed by atoms with Crippen LogP contribution in [0.2, 0.25) is 5.02 Å². The number of alkyl halides is 2. The number of aromatic carboxylic acids is 1. The number of halogens is 3. The van der Waals surface area contributed by atoms with Gasteiger partial charge >= 0.3 is 5.97 Å². The lowest BCUT2D eigenvalue weighted by molar-refractivity contribution is -0.0965. The molecule has 2 aliphatic heterocycles. The Bertz CT molecular complexity index is 2340. The van der Waals surface area contributed by atoms with Crippen molar-refractivity contribution in [2.75, 3.05) is 37.7 Å². The third-order valence-corrected chi connectivity index (χ3v) is 10.6. The zero-order valence-electron chi connectivity index (χ0n) is 27.3. The van der Waals surface area contributed by atoms with Gasteiger partial charge in [-0.25, -0.2) is 23.5 Å². The van der Waals surface area contributed by atoms with Crippen LogP contribution in [0.5, 0.6) is 0 Å². The van der Waals surface area contributed by atoms with Crippen LogP contribution in [0.25, 0.3) is 32.2 Å². The SMILES string of the molecule is Cc1nc2cnc(N3CCC(N(CC(F)F)C4COC4)CC3)c(C#N)c2c(=O)n1CC#Cc1ccc(Cl)cc1-c1ccnc2c(C(=O)O)csc12. The summed E-state index contributed by atoms with van der Waals surface area (Å²) in [5.74, 6) is 5.92. The highest BCUT2D eigenvalue weighted by Crippen LogP contribution is 2.36. The summed E-state index contributed by atoms with van der Waals surface area (Å²) in [6.07, 6.45) is 1.80. The second-order valence-electron chi connectivity index (χ2n) is 12.4. The smallest absolute Gasteiger partial charge is 0.338 e. The van der Waals surface area contributed by atoms with Gasteiger partial charge in [0.05, 0.1) is 65.2 Å². The number of benzene rings is 1. The van der Waals surface area contributed by atoms with E-state index in [0.717, 1.165) is 5.56 Å². The minimum atomic E-state index is -2.44. The molecule has 2 fully saturated rings. The van der Waals surface area contributed by atoms with Crippen LogP contribution in [0.3, 0.4) is 0 Å². The first-order valence-corrected chi connectivity index (χ1v) is 17.5. The number of nitrogens with zero attached hydrogens (tertiary/aromatic N) is 7. The van der Waals surface area contributed by atoms with E-state index in [0.29, 0.717) is 82.7 Å². The van der Waals surface area contributed by atoms with Crippen LogP contribution in [-0.2, 0) is 11.3 Å². The summed E-state index contributed by atoms with van der Waals surface area (Å²) in [6.45, 7) is 3.22. The molecule has 0 aliphatic carbocycles. The summed E-state index contributed by atoms with van der Waals surface area (Å²) in [7, 11) is 0. The number of carbonyl (C=O) groups is 1. The Morgan fingerprint density at radius 3 is 2.67 bits per heavy atom. The fourth-order valence-electron chi connectivity index (χ4n) is 6.78. The zero-order chi connectivity index (χ0) is 35.8. The summed E-state index contributed by atoms with van der Waals surface area (Å²) in [5.41, 5.74) is 2.49. The number of ether oxygens (including phenoxy) is 1. The van der Waals surface area contributed by atoms with Gasteiger partial charge in [-0.05, 0) is 44.0 Å². The van der Waals surface area contributed by atoms with E-state index < -0.39 is 18.0 Å². The molecular formula is C36H30ClF2N7O4S. The molecule has 7 rings (SSSR count). The van der Waals surface area contributed by atoms with E-state index in [2.05, 4.69) is 32.9 Å². The molecule has 1 N–H and O–H groups in total. The van der Waals surface area contributed by atoms with Crippen molar-refractivity contribution < 1.29 is 23.4 Å². The molecule has 0 atom stereocenters. The average molecular weight is 730 g/mol. The van der Waals surface area contributed by atoms with Crippen molar-refractivity contribution in [3.8, 4) is 29.0 Å². The Hall–Kier alpha value is -4.99. The van der Waals surface area contributed by atoms with E-state index >= 15 is 0 Å². The molecule has 2 aliphatic rings. The molecule has 5 aromatic rings. The van der Waals surface area contributed by atoms with Crippen molar-refractivity contribution in [2.24, 2.45) is 0 Å². The van der Waals surface area contributed by atoms with Crippen LogP contribution in [0.15, 0.2) is 46.8 Å². The highest BCUT2D eigenvalue weighted by molar-refractivity contribution is 7.18. The maximum Gasteiger partial charge on any atom is 0.338 e. The molecule has 6 heterocycles. The van der Waals surface area contributed by atoms with Gasteiger partial charge < -0.3 is 14.7 Å². The fourth-order valence-corrected chi connectivity index (χ4v) is 7.98. The lowest BCUT2D eigenvalue weighted by atomic mass is 9.99. The third-order valence-electron chi connectivity index (χ3n) is 9.37. The number of rotatable bonds is 8. The number of carboxylic acids is 1. The molecule has 260 valence electrons. The number of anilines is 1. The highest BCUT2D eigenvalue weighted by atomic mass is 35.5. The molecule has 0 spiro atoms. The molecule has 0 amide bonds. The van der Waals surface area contributed by atoms with Gasteiger partial charge in [-0.2, -0.15) is 5.26 Å². The van der Waals surface area contributed by atoms with E-state index in [1.165, 1.54) is 22.1 Å². The van der Waals surface area contributed by atoms with Crippen LogP contribution in [0, 0.1) is 30.1 Å². The normalized spacial score (nSPS) is 15.3. The van der Waals surface area contributed by atoms with Crippen LogP contribution in [0.1, 0.15) is 40.2 Å². The van der Waals surface area contributed by atoms with Crippen molar-refractivity contribution in [1.82, 2.24) is 24.4 Å². The summed E-state index contributed by atoms with van der Waals surface area (Å²) in [6, 6.07) is 9.11. The Kier molecular flexibility index (Phi) is 9.68. The topological polar surface area (TPSA) is 137 Å². The van der Waals surface area contributed by atoms with Crippen molar-refractivity contribution in [2.45, 2.75) is 44.8 Å². The van der Waals surface area contributed by atoms with Crippen LogP contribution < -0.4 is 10.5 Å². The van der Waals surface area contributed by atoms with Gasteiger partial charge in [0, 0.05) is 52.4 Å². The molecule has 0 bridgehead atoms. The van der Waals surface area contributed by atoms with E-state index in [4.69, 9.17) is 16.3 Å². The van der Waals surface area contributed by atoms with Gasteiger partial charge in [-0.3, -0.25) is 19.2 Å². The molecule has 11 nitrogen and oxygen atoms in total. The zero-order valence-corrected chi connectivity index (χ0v) is 28.8. The number of hydrogen-bond donors (Lipinski definition) is 1. The quantitative estimate of drug-likeness (QED) is 0.201. The molecule has 1 aromatic carbocycles. The maximum absolute atomic E-state index is 14.0. The second kappa shape index (κ2) is 14.3. The monoisotopic (exact) mass is 729 g/mol. The van der Waals surface area contributed by atoms with Crippen LogP contribution >= 0.6 is 22.9 Å². The Morgan fingerprint density at radius 1 is 1.20 bits per heavy atom. The number of nitriles is 1. The summed E-state index contributed by atoms with van der Waals surface area (Å²) < 4.78 is 34.1. The second-order valence-corrected chi connectivity index (χ2v) is 13.7. The molecule has 4 aromatic heterocycles. The van der Waals surface area contributed by atoms with Gasteiger partial charge in [0.15, 0.2) is 0 Å². The Morgan fingerprint density at radius 2 is 1.98 bits per heavy atom. The number of hydrogen-bond acceptors (Lipinski definition) is 10. The first-order valence-electron chi connectivity index (χ1n) is 16.2. The molecular weight excluding hydrogens is 700 g/mol. The molecule has 0 unspecified atom stereocenters. The molecule has 0 saturated carbocycles. The van der Waals surface area contributed by atoms with Crippen molar-refractivity contribution in [3.05, 3.63) is 79.9 Å². The van der Waals surface area contributed by atoms with Gasteiger partial charge in [0.2, 0.25) is 0 Å². The van der Waals surface area contributed by atoms with E-state index in [-0.39, 0.29) is 41.7 Å². The van der Waals surface area contributed by atoms with Gasteiger partial charge in [0.1, 0.15) is 23.3 Å². The number of fused-ring (bicyclic) bond motifs is 2. The maximum atomic E-state index is 14.0. The Labute approximate surface area is 299 Å². The predicted octanol–water partition coefficient (Wildman–Crippen LogP) is 5.59. The number of thiophene rings is 1. The Balaban J connectivity index is 1.18. The van der Waals surface area contributed by atoms with E-state index in [1.807, 2.05) is 9.80 Å². The molecule has 2 saturated heterocycles.